The lowest BCUT2D eigenvalue weighted by atomic mass is 9.45. The minimum absolute atomic E-state index is 0.0999. The van der Waals surface area contributed by atoms with E-state index < -0.39 is 52.4 Å². The summed E-state index contributed by atoms with van der Waals surface area (Å²) in [6, 6.07) is 0. The Labute approximate surface area is 214 Å². The Morgan fingerprint density at radius 2 is 1.81 bits per heavy atom. The summed E-state index contributed by atoms with van der Waals surface area (Å²) < 4.78 is 0. The van der Waals surface area contributed by atoms with E-state index in [1.165, 1.54) is 0 Å². The molecule has 0 saturated heterocycles. The number of aliphatic hydroxyl groups is 6. The highest BCUT2D eigenvalue weighted by Crippen LogP contribution is 2.68. The zero-order valence-corrected chi connectivity index (χ0v) is 22.4. The van der Waals surface area contributed by atoms with Gasteiger partial charge < -0.3 is 30.6 Å². The van der Waals surface area contributed by atoms with E-state index in [1.807, 2.05) is 13.8 Å². The molecule has 36 heavy (non-hydrogen) atoms. The Bertz CT molecular complexity index is 940. The average molecular weight is 507 g/mol. The van der Waals surface area contributed by atoms with Crippen molar-refractivity contribution in [3.63, 3.8) is 0 Å². The Hall–Kier alpha value is -1.09. The molecule has 3 saturated carbocycles. The molecule has 12 atom stereocenters. The Balaban J connectivity index is 1.67. The maximum Gasteiger partial charge on any atom is 0.159 e. The van der Waals surface area contributed by atoms with Gasteiger partial charge in [0.1, 0.15) is 0 Å². The lowest BCUT2D eigenvalue weighted by Gasteiger charge is -2.60. The molecular formula is C29H46O7. The van der Waals surface area contributed by atoms with Gasteiger partial charge in [0.15, 0.2) is 5.78 Å². The van der Waals surface area contributed by atoms with E-state index in [-0.39, 0.29) is 36.4 Å². The molecule has 0 aliphatic heterocycles. The molecule has 7 heteroatoms. The number of hydrogen-bond donors (Lipinski definition) is 6. The summed E-state index contributed by atoms with van der Waals surface area (Å²) >= 11 is 0. The van der Waals surface area contributed by atoms with Crippen LogP contribution in [-0.4, -0.2) is 72.0 Å². The molecule has 6 N–H and O–H groups in total. The molecule has 0 bridgehead atoms. The number of carbonyl (C=O) groups is 1. The normalized spacial score (nSPS) is 46.5. The first kappa shape index (κ1) is 27.9. The third-order valence-electron chi connectivity index (χ3n) is 11.2. The van der Waals surface area contributed by atoms with Gasteiger partial charge in [-0.2, -0.15) is 0 Å². The third kappa shape index (κ3) is 3.88. The summed E-state index contributed by atoms with van der Waals surface area (Å²) in [6.07, 6.45) is 0.788. The molecule has 0 aromatic carbocycles. The van der Waals surface area contributed by atoms with Crippen LogP contribution in [0.3, 0.4) is 0 Å². The standard InChI is InChI=1S/C29H46O7/c1-15(2)17(16(3)30)11-25(34)28(6,35)24-8-10-29(36)19-12-21(31)20-13-22(32)23(33)14-26(20,4)18(19)7-9-27(24,29)5/h12,16-18,20,22-25,30,32-36H,1,7-11,13-14H2,2-6H3. The number of aliphatic hydroxyl groups excluding tert-OH is 4. The van der Waals surface area contributed by atoms with Gasteiger partial charge in [-0.1, -0.05) is 26.0 Å². The van der Waals surface area contributed by atoms with E-state index in [0.29, 0.717) is 37.7 Å². The van der Waals surface area contributed by atoms with Gasteiger partial charge in [-0.25, -0.2) is 0 Å². The molecular weight excluding hydrogens is 460 g/mol. The molecule has 0 aromatic heterocycles. The van der Waals surface area contributed by atoms with Gasteiger partial charge in [-0.05, 0) is 94.6 Å². The zero-order chi connectivity index (χ0) is 27.0. The first-order chi connectivity index (χ1) is 16.5. The second-order valence-corrected chi connectivity index (χ2v) is 13.3. The van der Waals surface area contributed by atoms with Crippen molar-refractivity contribution in [2.75, 3.05) is 0 Å². The molecule has 0 aromatic rings. The molecule has 4 rings (SSSR count). The van der Waals surface area contributed by atoms with Crippen molar-refractivity contribution in [2.45, 2.75) is 115 Å². The first-order valence-electron chi connectivity index (χ1n) is 13.6. The predicted molar refractivity (Wildman–Crippen MR) is 136 cm³/mol. The van der Waals surface area contributed by atoms with Crippen LogP contribution < -0.4 is 0 Å². The van der Waals surface area contributed by atoms with Crippen LogP contribution in [0.1, 0.15) is 79.6 Å². The number of fused-ring (bicyclic) bond motifs is 5. The average Bonchev–Trinajstić information content (AvgIpc) is 3.05. The molecule has 4 aliphatic carbocycles. The first-order valence-corrected chi connectivity index (χ1v) is 13.6. The number of rotatable bonds is 6. The highest BCUT2D eigenvalue weighted by Gasteiger charge is 2.69. The summed E-state index contributed by atoms with van der Waals surface area (Å²) in [7, 11) is 0. The van der Waals surface area contributed by atoms with Gasteiger partial charge in [-0.15, -0.1) is 0 Å². The molecule has 3 fully saturated rings. The summed E-state index contributed by atoms with van der Waals surface area (Å²) in [5.74, 6) is -1.38. The Morgan fingerprint density at radius 3 is 2.39 bits per heavy atom. The van der Waals surface area contributed by atoms with E-state index in [9.17, 15) is 35.4 Å². The van der Waals surface area contributed by atoms with Crippen LogP contribution in [0.5, 0.6) is 0 Å². The number of carbonyl (C=O) groups excluding carboxylic acids is 1. The fourth-order valence-electron chi connectivity index (χ4n) is 8.83. The topological polar surface area (TPSA) is 138 Å². The van der Waals surface area contributed by atoms with Gasteiger partial charge in [0.25, 0.3) is 0 Å². The van der Waals surface area contributed by atoms with Crippen molar-refractivity contribution in [1.29, 1.82) is 0 Å². The van der Waals surface area contributed by atoms with Crippen molar-refractivity contribution in [3.05, 3.63) is 23.8 Å². The zero-order valence-electron chi connectivity index (χ0n) is 22.4. The highest BCUT2D eigenvalue weighted by atomic mass is 16.3. The van der Waals surface area contributed by atoms with E-state index in [0.717, 1.165) is 5.57 Å². The second kappa shape index (κ2) is 8.99. The maximum absolute atomic E-state index is 13.3. The summed E-state index contributed by atoms with van der Waals surface area (Å²) in [6.45, 7) is 13.0. The van der Waals surface area contributed by atoms with Gasteiger partial charge in [0.2, 0.25) is 0 Å². The van der Waals surface area contributed by atoms with Gasteiger partial charge in [0, 0.05) is 17.3 Å². The number of ketones is 1. The predicted octanol–water partition coefficient (Wildman–Crippen LogP) is 2.27. The minimum Gasteiger partial charge on any atom is -0.393 e. The van der Waals surface area contributed by atoms with E-state index in [4.69, 9.17) is 0 Å². The van der Waals surface area contributed by atoms with E-state index in [2.05, 4.69) is 6.58 Å². The van der Waals surface area contributed by atoms with Crippen molar-refractivity contribution < 1.29 is 35.4 Å². The summed E-state index contributed by atoms with van der Waals surface area (Å²) in [5, 5.41) is 66.2. The Morgan fingerprint density at radius 1 is 1.17 bits per heavy atom. The second-order valence-electron chi connectivity index (χ2n) is 13.3. The lowest BCUT2D eigenvalue weighted by molar-refractivity contribution is -0.177. The molecule has 12 unspecified atom stereocenters. The molecule has 0 spiro atoms. The van der Waals surface area contributed by atoms with Crippen LogP contribution in [0.15, 0.2) is 23.8 Å². The van der Waals surface area contributed by atoms with Crippen LogP contribution in [-0.2, 0) is 4.79 Å². The molecule has 0 heterocycles. The smallest absolute Gasteiger partial charge is 0.159 e. The van der Waals surface area contributed by atoms with Crippen LogP contribution in [0.4, 0.5) is 0 Å². The molecule has 4 aliphatic rings. The van der Waals surface area contributed by atoms with E-state index in [1.54, 1.807) is 26.8 Å². The molecule has 7 nitrogen and oxygen atoms in total. The lowest BCUT2D eigenvalue weighted by Crippen LogP contribution is -2.63. The summed E-state index contributed by atoms with van der Waals surface area (Å²) in [5.41, 5.74) is -2.72. The van der Waals surface area contributed by atoms with E-state index >= 15 is 0 Å². The molecule has 0 radical (unpaired) electrons. The minimum atomic E-state index is -1.52. The van der Waals surface area contributed by atoms with Gasteiger partial charge in [-0.3, -0.25) is 4.79 Å². The van der Waals surface area contributed by atoms with Crippen molar-refractivity contribution >= 4 is 5.78 Å². The maximum atomic E-state index is 13.3. The monoisotopic (exact) mass is 506 g/mol. The number of allylic oxidation sites excluding steroid dienone is 1. The highest BCUT2D eigenvalue weighted by molar-refractivity contribution is 5.95. The summed E-state index contributed by atoms with van der Waals surface area (Å²) in [4.78, 5) is 13.3. The number of hydrogen-bond acceptors (Lipinski definition) is 7. The van der Waals surface area contributed by atoms with Crippen LogP contribution in [0.25, 0.3) is 0 Å². The van der Waals surface area contributed by atoms with Crippen LogP contribution >= 0.6 is 0 Å². The fraction of sp³-hybridized carbons (Fsp3) is 0.828. The van der Waals surface area contributed by atoms with Crippen LogP contribution in [0, 0.1) is 34.5 Å². The largest absolute Gasteiger partial charge is 0.393 e. The Kier molecular flexibility index (Phi) is 6.98. The molecule has 0 amide bonds. The van der Waals surface area contributed by atoms with Crippen molar-refractivity contribution in [2.24, 2.45) is 34.5 Å². The molecule has 204 valence electrons. The quantitative estimate of drug-likeness (QED) is 0.304. The van der Waals surface area contributed by atoms with Crippen molar-refractivity contribution in [1.82, 2.24) is 0 Å². The van der Waals surface area contributed by atoms with Crippen LogP contribution in [0.2, 0.25) is 0 Å². The van der Waals surface area contributed by atoms with Gasteiger partial charge in [0.05, 0.1) is 35.6 Å². The SMILES string of the molecule is C=C(C)C(CC(O)C(C)(O)C1CCC2(O)C3=CC(=O)C4CC(O)C(O)CC4(C)C3CCC12C)C(C)O. The van der Waals surface area contributed by atoms with Gasteiger partial charge >= 0.3 is 0 Å². The fourth-order valence-corrected chi connectivity index (χ4v) is 8.83. The van der Waals surface area contributed by atoms with Crippen molar-refractivity contribution in [3.8, 4) is 0 Å². The third-order valence-corrected chi connectivity index (χ3v) is 11.2.